The number of carbonyl (C=O) groups excluding carboxylic acids is 1. The fraction of sp³-hybridized carbons (Fsp3) is 0.667. The molecule has 4 heterocycles. The lowest BCUT2D eigenvalue weighted by molar-refractivity contribution is -0.156. The van der Waals surface area contributed by atoms with Crippen molar-refractivity contribution in [2.45, 2.75) is 62.5 Å². The molecule has 10 atom stereocenters. The van der Waals surface area contributed by atoms with Crippen LogP contribution >= 0.6 is 15.6 Å². The van der Waals surface area contributed by atoms with Gasteiger partial charge in [0.2, 0.25) is 0 Å². The molecule has 22 heteroatoms. The standard InChI is InChI=1S/C18H27N5O15P2/c1-2-9(24)37-14-8(36-18(28)13(14)27)4-34-40(31,32)38-39(29,30)33-3-7-11(25)12(26)17(35-7)23-6-22-10-15(19)20-5-21-16(10)23/h5-8,11-14,17-18,25-28H,2-4H2,1H3,(H,29,30)(H,31,32)(H2,19,20,21)/t7-,8+,11-,12-,13+,14+,17-,18?/m1/s1. The highest BCUT2D eigenvalue weighted by Gasteiger charge is 2.48. The zero-order valence-corrected chi connectivity index (χ0v) is 22.3. The Morgan fingerprint density at radius 1 is 1.00 bits per heavy atom. The molecular weight excluding hydrogens is 588 g/mol. The third-order valence-corrected chi connectivity index (χ3v) is 8.48. The molecule has 20 nitrogen and oxygen atoms in total. The van der Waals surface area contributed by atoms with Gasteiger partial charge in [-0.2, -0.15) is 4.31 Å². The molecule has 3 unspecified atom stereocenters. The largest absolute Gasteiger partial charge is 0.481 e. The van der Waals surface area contributed by atoms with Gasteiger partial charge < -0.3 is 50.2 Å². The second kappa shape index (κ2) is 12.0. The molecule has 40 heavy (non-hydrogen) atoms. The van der Waals surface area contributed by atoms with Crippen LogP contribution in [-0.4, -0.2) is 112 Å². The van der Waals surface area contributed by atoms with Crippen LogP contribution in [0.5, 0.6) is 0 Å². The van der Waals surface area contributed by atoms with Gasteiger partial charge in [-0.25, -0.2) is 24.1 Å². The number of rotatable bonds is 11. The van der Waals surface area contributed by atoms with E-state index in [2.05, 4.69) is 28.3 Å². The average molecular weight is 615 g/mol. The van der Waals surface area contributed by atoms with E-state index in [9.17, 15) is 44.1 Å². The van der Waals surface area contributed by atoms with Crippen molar-refractivity contribution in [1.29, 1.82) is 0 Å². The number of hydrogen-bond donors (Lipinski definition) is 7. The third-order valence-electron chi connectivity index (χ3n) is 5.87. The van der Waals surface area contributed by atoms with Crippen LogP contribution in [0.1, 0.15) is 19.6 Å². The summed E-state index contributed by atoms with van der Waals surface area (Å²) in [6.07, 6.45) is -10.1. The van der Waals surface area contributed by atoms with E-state index >= 15 is 0 Å². The first-order valence-corrected chi connectivity index (χ1v) is 14.5. The van der Waals surface area contributed by atoms with Crippen LogP contribution in [0.2, 0.25) is 0 Å². The average Bonchev–Trinajstić information content (AvgIpc) is 3.52. The second-order valence-corrected chi connectivity index (χ2v) is 11.6. The third kappa shape index (κ3) is 6.66. The molecule has 2 saturated heterocycles. The van der Waals surface area contributed by atoms with Crippen molar-refractivity contribution in [3.8, 4) is 0 Å². The maximum atomic E-state index is 12.3. The van der Waals surface area contributed by atoms with Crippen LogP contribution in [0, 0.1) is 0 Å². The number of anilines is 1. The fourth-order valence-corrected chi connectivity index (χ4v) is 5.99. The number of hydrogen-bond acceptors (Lipinski definition) is 17. The maximum Gasteiger partial charge on any atom is 0.481 e. The topological polar surface area (TPSA) is 298 Å². The molecule has 0 aliphatic carbocycles. The van der Waals surface area contributed by atoms with Crippen LogP contribution in [-0.2, 0) is 41.5 Å². The predicted molar refractivity (Wildman–Crippen MR) is 125 cm³/mol. The van der Waals surface area contributed by atoms with Crippen LogP contribution < -0.4 is 5.73 Å². The van der Waals surface area contributed by atoms with E-state index in [4.69, 9.17) is 19.9 Å². The van der Waals surface area contributed by atoms with Gasteiger partial charge in [0.15, 0.2) is 30.1 Å². The summed E-state index contributed by atoms with van der Waals surface area (Å²) in [5.41, 5.74) is 6.09. The Bertz CT molecular complexity index is 1310. The number of aliphatic hydroxyl groups is 4. The van der Waals surface area contributed by atoms with Crippen LogP contribution in [0.3, 0.4) is 0 Å². The van der Waals surface area contributed by atoms with Gasteiger partial charge in [0.25, 0.3) is 0 Å². The minimum absolute atomic E-state index is 0.0510. The fourth-order valence-electron chi connectivity index (χ4n) is 3.90. The Labute approximate surface area is 224 Å². The SMILES string of the molecule is CCC(=O)O[C@H]1[C@H](COP(=O)(O)OP(=O)(O)OC[C@H]2O[C@@H](n3cnc4c(N)ncnc43)[C@H](O)[C@@H]2O)OC(O)[C@H]1O. The summed E-state index contributed by atoms with van der Waals surface area (Å²) in [5, 5.41) is 40.4. The van der Waals surface area contributed by atoms with E-state index in [1.165, 1.54) is 17.8 Å². The highest BCUT2D eigenvalue weighted by molar-refractivity contribution is 7.61. The van der Waals surface area contributed by atoms with Crippen molar-refractivity contribution in [2.24, 2.45) is 0 Å². The molecule has 8 N–H and O–H groups in total. The van der Waals surface area contributed by atoms with Crippen molar-refractivity contribution < 1.29 is 71.7 Å². The minimum atomic E-state index is -5.36. The molecule has 2 fully saturated rings. The van der Waals surface area contributed by atoms with Crippen molar-refractivity contribution in [1.82, 2.24) is 19.5 Å². The van der Waals surface area contributed by atoms with E-state index in [1.54, 1.807) is 0 Å². The van der Waals surface area contributed by atoms with Crippen molar-refractivity contribution >= 4 is 38.6 Å². The van der Waals surface area contributed by atoms with Gasteiger partial charge in [0.1, 0.15) is 42.4 Å². The van der Waals surface area contributed by atoms with Gasteiger partial charge in [0.05, 0.1) is 19.5 Å². The Hall–Kier alpha value is -2.16. The number of nitrogens with two attached hydrogens (primary N) is 1. The number of phosphoric acid groups is 2. The number of aliphatic hydroxyl groups excluding tert-OH is 4. The first kappa shape index (κ1) is 30.8. The molecule has 2 aliphatic heterocycles. The zero-order valence-electron chi connectivity index (χ0n) is 20.5. The summed E-state index contributed by atoms with van der Waals surface area (Å²) in [4.78, 5) is 43.2. The number of aromatic nitrogens is 4. The molecular formula is C18H27N5O15P2. The van der Waals surface area contributed by atoms with Crippen molar-refractivity contribution in [2.75, 3.05) is 18.9 Å². The minimum Gasteiger partial charge on any atom is -0.456 e. The Balaban J connectivity index is 1.33. The smallest absolute Gasteiger partial charge is 0.456 e. The van der Waals surface area contributed by atoms with E-state index in [0.717, 1.165) is 6.33 Å². The molecule has 0 aromatic carbocycles. The number of nitrogens with zero attached hydrogens (tertiary/aromatic N) is 4. The van der Waals surface area contributed by atoms with Gasteiger partial charge >= 0.3 is 21.6 Å². The highest BCUT2D eigenvalue weighted by Crippen LogP contribution is 2.60. The molecule has 0 spiro atoms. The molecule has 2 aliphatic rings. The summed E-state index contributed by atoms with van der Waals surface area (Å²) in [7, 11) is -10.7. The van der Waals surface area contributed by atoms with Crippen molar-refractivity contribution in [3.63, 3.8) is 0 Å². The molecule has 2 aromatic rings. The molecule has 224 valence electrons. The summed E-state index contributed by atoms with van der Waals surface area (Å²) >= 11 is 0. The number of phosphoric ester groups is 2. The first-order chi connectivity index (χ1) is 18.7. The van der Waals surface area contributed by atoms with Gasteiger partial charge in [-0.3, -0.25) is 18.4 Å². The van der Waals surface area contributed by atoms with Crippen LogP contribution in [0.25, 0.3) is 11.2 Å². The lowest BCUT2D eigenvalue weighted by Crippen LogP contribution is -2.38. The Morgan fingerprint density at radius 3 is 2.30 bits per heavy atom. The molecule has 4 rings (SSSR count). The maximum absolute atomic E-state index is 12.3. The number of imidazole rings is 1. The van der Waals surface area contributed by atoms with Gasteiger partial charge in [0, 0.05) is 6.42 Å². The summed E-state index contributed by atoms with van der Waals surface area (Å²) in [6, 6.07) is 0. The van der Waals surface area contributed by atoms with E-state index in [-0.39, 0.29) is 23.4 Å². The summed E-state index contributed by atoms with van der Waals surface area (Å²) < 4.78 is 54.7. The molecule has 0 bridgehead atoms. The van der Waals surface area contributed by atoms with Crippen LogP contribution in [0.4, 0.5) is 5.82 Å². The number of esters is 1. The van der Waals surface area contributed by atoms with E-state index in [0.29, 0.717) is 0 Å². The number of carbonyl (C=O) groups is 1. The lowest BCUT2D eigenvalue weighted by atomic mass is 10.1. The summed E-state index contributed by atoms with van der Waals surface area (Å²) in [5.74, 6) is -0.722. The molecule has 2 aromatic heterocycles. The summed E-state index contributed by atoms with van der Waals surface area (Å²) in [6.45, 7) is -0.359. The highest BCUT2D eigenvalue weighted by atomic mass is 31.3. The van der Waals surface area contributed by atoms with Crippen LogP contribution in [0.15, 0.2) is 12.7 Å². The van der Waals surface area contributed by atoms with Gasteiger partial charge in [-0.05, 0) is 0 Å². The Morgan fingerprint density at radius 2 is 1.65 bits per heavy atom. The quantitative estimate of drug-likeness (QED) is 0.103. The zero-order chi connectivity index (χ0) is 29.4. The number of ether oxygens (including phenoxy) is 3. The molecule has 0 saturated carbocycles. The van der Waals surface area contributed by atoms with E-state index in [1.807, 2.05) is 0 Å². The number of nitrogen functional groups attached to an aromatic ring is 1. The molecule has 0 amide bonds. The van der Waals surface area contributed by atoms with Gasteiger partial charge in [-0.15, -0.1) is 0 Å². The van der Waals surface area contributed by atoms with Crippen molar-refractivity contribution in [3.05, 3.63) is 12.7 Å². The second-order valence-electron chi connectivity index (χ2n) is 8.60. The first-order valence-electron chi connectivity index (χ1n) is 11.5. The normalized spacial score (nSPS) is 33.6. The Kier molecular flexibility index (Phi) is 9.22. The monoisotopic (exact) mass is 615 g/mol. The van der Waals surface area contributed by atoms with E-state index < -0.39 is 84.0 Å². The number of fused-ring (bicyclic) bond motifs is 1. The molecule has 0 radical (unpaired) electrons. The van der Waals surface area contributed by atoms with Gasteiger partial charge in [-0.1, -0.05) is 6.92 Å². The lowest BCUT2D eigenvalue weighted by Gasteiger charge is -2.22. The predicted octanol–water partition coefficient (Wildman–Crippen LogP) is -2.32.